The number of hydrogen-bond acceptors (Lipinski definition) is 2. The topological polar surface area (TPSA) is 47.2 Å². The minimum absolute atomic E-state index is 0.118. The molecule has 1 N–H and O–H groups in total. The summed E-state index contributed by atoms with van der Waals surface area (Å²) in [6, 6.07) is 17.5. The lowest BCUT2D eigenvalue weighted by atomic mass is 10.2. The molecule has 1 amide bonds. The number of nitrogens with zero attached hydrogens (tertiary/aromatic N) is 1. The fourth-order valence-electron chi connectivity index (χ4n) is 2.97. The molecular weight excluding hydrogens is 368 g/mol. The number of amides is 1. The van der Waals surface area contributed by atoms with Gasteiger partial charge in [0, 0.05) is 29.5 Å². The summed E-state index contributed by atoms with van der Waals surface area (Å²) in [5, 5.41) is 3.97. The molecule has 0 unspecified atom stereocenters. The molecule has 0 fully saturated rings. The first-order valence-electron chi connectivity index (χ1n) is 7.63. The number of halogens is 1. The van der Waals surface area contributed by atoms with E-state index in [2.05, 4.69) is 21.2 Å². The normalized spacial score (nSPS) is 11.2. The molecule has 4 aromatic rings. The van der Waals surface area contributed by atoms with Gasteiger partial charge in [-0.05, 0) is 29.8 Å². The van der Waals surface area contributed by atoms with Crippen LogP contribution in [0.2, 0.25) is 0 Å². The molecule has 0 atom stereocenters. The van der Waals surface area contributed by atoms with Gasteiger partial charge in [-0.25, -0.2) is 0 Å². The highest BCUT2D eigenvalue weighted by Crippen LogP contribution is 2.30. The monoisotopic (exact) mass is 382 g/mol. The van der Waals surface area contributed by atoms with E-state index in [0.717, 1.165) is 32.1 Å². The second-order valence-corrected chi connectivity index (χ2v) is 6.63. The first-order valence-corrected chi connectivity index (χ1v) is 8.42. The smallest absolute Gasteiger partial charge is 0.268 e. The Labute approximate surface area is 147 Å². The summed E-state index contributed by atoms with van der Waals surface area (Å²) >= 11 is 3.44. The second kappa shape index (κ2) is 5.83. The van der Waals surface area contributed by atoms with Crippen LogP contribution in [-0.2, 0) is 13.6 Å². The first-order chi connectivity index (χ1) is 11.6. The van der Waals surface area contributed by atoms with Gasteiger partial charge in [-0.2, -0.15) is 0 Å². The Morgan fingerprint density at radius 1 is 1.12 bits per heavy atom. The van der Waals surface area contributed by atoms with E-state index in [1.54, 1.807) is 6.07 Å². The number of aryl methyl sites for hydroxylation is 1. The van der Waals surface area contributed by atoms with Crippen molar-refractivity contribution in [3.05, 3.63) is 70.3 Å². The standard InChI is InChI=1S/C19H15BrN2O2/c1-22-15(19(23)21-11-12-5-4-6-13(20)9-12)10-17-18(22)14-7-2-3-8-16(14)24-17/h2-10H,11H2,1H3,(H,21,23). The molecule has 0 spiro atoms. The zero-order chi connectivity index (χ0) is 16.7. The van der Waals surface area contributed by atoms with Crippen LogP contribution in [0, 0.1) is 0 Å². The van der Waals surface area contributed by atoms with Gasteiger partial charge in [0.25, 0.3) is 5.91 Å². The van der Waals surface area contributed by atoms with Crippen LogP contribution < -0.4 is 5.32 Å². The molecule has 120 valence electrons. The van der Waals surface area contributed by atoms with Crippen molar-refractivity contribution < 1.29 is 9.21 Å². The Balaban J connectivity index is 1.63. The van der Waals surface area contributed by atoms with Crippen molar-refractivity contribution in [2.24, 2.45) is 7.05 Å². The van der Waals surface area contributed by atoms with Gasteiger partial charge in [-0.15, -0.1) is 0 Å². The zero-order valence-corrected chi connectivity index (χ0v) is 14.6. The van der Waals surface area contributed by atoms with Gasteiger partial charge in [-0.1, -0.05) is 40.2 Å². The van der Waals surface area contributed by atoms with E-state index in [4.69, 9.17) is 4.42 Å². The molecule has 4 nitrogen and oxygen atoms in total. The number of fused-ring (bicyclic) bond motifs is 3. The molecule has 0 aliphatic carbocycles. The van der Waals surface area contributed by atoms with Crippen molar-refractivity contribution in [3.8, 4) is 0 Å². The number of para-hydroxylation sites is 1. The quantitative estimate of drug-likeness (QED) is 0.561. The Morgan fingerprint density at radius 2 is 1.96 bits per heavy atom. The number of rotatable bonds is 3. The van der Waals surface area contributed by atoms with Gasteiger partial charge in [-0.3, -0.25) is 4.79 Å². The SMILES string of the molecule is Cn1c(C(=O)NCc2cccc(Br)c2)cc2oc3ccccc3c21. The number of aromatic nitrogens is 1. The lowest BCUT2D eigenvalue weighted by Crippen LogP contribution is -2.24. The van der Waals surface area contributed by atoms with E-state index in [9.17, 15) is 4.79 Å². The highest BCUT2D eigenvalue weighted by Gasteiger charge is 2.18. The number of nitrogens with one attached hydrogen (secondary N) is 1. The lowest BCUT2D eigenvalue weighted by Gasteiger charge is -2.07. The Hall–Kier alpha value is -2.53. The molecule has 24 heavy (non-hydrogen) atoms. The van der Waals surface area contributed by atoms with E-state index in [0.29, 0.717) is 12.2 Å². The summed E-state index contributed by atoms with van der Waals surface area (Å²) in [5.41, 5.74) is 4.13. The minimum atomic E-state index is -0.118. The fourth-order valence-corrected chi connectivity index (χ4v) is 3.42. The Bertz CT molecular complexity index is 1060. The van der Waals surface area contributed by atoms with Crippen molar-refractivity contribution in [1.82, 2.24) is 9.88 Å². The molecule has 2 aromatic carbocycles. The van der Waals surface area contributed by atoms with Crippen molar-refractivity contribution >= 4 is 43.9 Å². The lowest BCUT2D eigenvalue weighted by molar-refractivity contribution is 0.0943. The molecule has 0 bridgehead atoms. The first kappa shape index (κ1) is 15.0. The molecule has 5 heteroatoms. The van der Waals surface area contributed by atoms with Crippen molar-refractivity contribution in [2.75, 3.05) is 0 Å². The van der Waals surface area contributed by atoms with Gasteiger partial charge in [0.1, 0.15) is 11.3 Å². The van der Waals surface area contributed by atoms with Gasteiger partial charge in [0.15, 0.2) is 5.58 Å². The highest BCUT2D eigenvalue weighted by atomic mass is 79.9. The van der Waals surface area contributed by atoms with E-state index in [1.807, 2.05) is 60.1 Å². The zero-order valence-electron chi connectivity index (χ0n) is 13.0. The molecule has 0 saturated carbocycles. The maximum atomic E-state index is 12.5. The van der Waals surface area contributed by atoms with Crippen LogP contribution in [0.1, 0.15) is 16.1 Å². The summed E-state index contributed by atoms with van der Waals surface area (Å²) in [7, 11) is 1.89. The van der Waals surface area contributed by atoms with E-state index < -0.39 is 0 Å². The number of carbonyl (C=O) groups is 1. The van der Waals surface area contributed by atoms with Crippen LogP contribution in [0.3, 0.4) is 0 Å². The van der Waals surface area contributed by atoms with Crippen LogP contribution in [0.4, 0.5) is 0 Å². The molecule has 2 aromatic heterocycles. The summed E-state index contributed by atoms with van der Waals surface area (Å²) in [6.07, 6.45) is 0. The average Bonchev–Trinajstić information content (AvgIpc) is 3.09. The van der Waals surface area contributed by atoms with Crippen molar-refractivity contribution in [2.45, 2.75) is 6.54 Å². The predicted molar refractivity (Wildman–Crippen MR) is 98.0 cm³/mol. The Morgan fingerprint density at radius 3 is 2.79 bits per heavy atom. The van der Waals surface area contributed by atoms with Crippen LogP contribution in [0.5, 0.6) is 0 Å². The maximum absolute atomic E-state index is 12.5. The molecule has 0 radical (unpaired) electrons. The minimum Gasteiger partial charge on any atom is -0.454 e. The maximum Gasteiger partial charge on any atom is 0.268 e. The predicted octanol–water partition coefficient (Wildman–Crippen LogP) is 4.62. The third-order valence-corrected chi connectivity index (χ3v) is 4.63. The van der Waals surface area contributed by atoms with E-state index in [-0.39, 0.29) is 5.91 Å². The molecular formula is C19H15BrN2O2. The van der Waals surface area contributed by atoms with E-state index >= 15 is 0 Å². The number of carbonyl (C=O) groups excluding carboxylic acids is 1. The highest BCUT2D eigenvalue weighted by molar-refractivity contribution is 9.10. The largest absolute Gasteiger partial charge is 0.454 e. The third-order valence-electron chi connectivity index (χ3n) is 4.13. The van der Waals surface area contributed by atoms with Gasteiger partial charge in [0.2, 0.25) is 0 Å². The Kier molecular flexibility index (Phi) is 3.65. The van der Waals surface area contributed by atoms with Crippen LogP contribution in [0.25, 0.3) is 22.1 Å². The van der Waals surface area contributed by atoms with Crippen LogP contribution >= 0.6 is 15.9 Å². The van der Waals surface area contributed by atoms with Crippen molar-refractivity contribution in [1.29, 1.82) is 0 Å². The van der Waals surface area contributed by atoms with Crippen LogP contribution in [-0.4, -0.2) is 10.5 Å². The van der Waals surface area contributed by atoms with Crippen LogP contribution in [0.15, 0.2) is 63.5 Å². The van der Waals surface area contributed by atoms with Gasteiger partial charge >= 0.3 is 0 Å². The third kappa shape index (κ3) is 2.51. The number of furan rings is 1. The molecule has 0 saturated heterocycles. The molecule has 4 rings (SSSR count). The van der Waals surface area contributed by atoms with Gasteiger partial charge < -0.3 is 14.3 Å². The summed E-state index contributed by atoms with van der Waals surface area (Å²) < 4.78 is 8.72. The number of hydrogen-bond donors (Lipinski definition) is 1. The molecule has 0 aliphatic heterocycles. The summed E-state index contributed by atoms with van der Waals surface area (Å²) in [5.74, 6) is -0.118. The van der Waals surface area contributed by atoms with Crippen molar-refractivity contribution in [3.63, 3.8) is 0 Å². The molecule has 0 aliphatic rings. The summed E-state index contributed by atoms with van der Waals surface area (Å²) in [4.78, 5) is 12.5. The molecule has 2 heterocycles. The van der Waals surface area contributed by atoms with Gasteiger partial charge in [0.05, 0.1) is 5.52 Å². The second-order valence-electron chi connectivity index (χ2n) is 5.71. The summed E-state index contributed by atoms with van der Waals surface area (Å²) in [6.45, 7) is 0.478. The van der Waals surface area contributed by atoms with E-state index in [1.165, 1.54) is 0 Å². The average molecular weight is 383 g/mol. The fraction of sp³-hybridized carbons (Fsp3) is 0.105. The number of benzene rings is 2.